The molecule has 4 atom stereocenters. The SMILES string of the molecule is COC(=O)[C@H]1SC(N2C=NCC=C2CN2C3COCC2CC(CC(=O)O)C3)=N[C@H]1c1ccc(Cl)c(F)c1. The predicted octanol–water partition coefficient (Wildman–Crippen LogP) is 3.35. The van der Waals surface area contributed by atoms with Crippen molar-refractivity contribution in [3.63, 3.8) is 0 Å². The number of aliphatic carboxylic acids is 1. The number of halogens is 2. The summed E-state index contributed by atoms with van der Waals surface area (Å²) in [4.78, 5) is 37.4. The monoisotopic (exact) mass is 550 g/mol. The molecule has 4 aliphatic rings. The largest absolute Gasteiger partial charge is 0.481 e. The van der Waals surface area contributed by atoms with Gasteiger partial charge in [0.1, 0.15) is 17.1 Å². The Morgan fingerprint density at radius 1 is 1.30 bits per heavy atom. The topological polar surface area (TPSA) is 104 Å². The lowest BCUT2D eigenvalue weighted by Gasteiger charge is -2.49. The number of hydrogen-bond acceptors (Lipinski definition) is 9. The molecule has 2 unspecified atom stereocenters. The van der Waals surface area contributed by atoms with Gasteiger partial charge in [0.05, 0.1) is 38.2 Å². The smallest absolute Gasteiger partial charge is 0.321 e. The predicted molar refractivity (Wildman–Crippen MR) is 138 cm³/mol. The molecule has 0 spiro atoms. The number of benzene rings is 1. The van der Waals surface area contributed by atoms with E-state index in [1.807, 2.05) is 11.0 Å². The standard InChI is InChI=1S/C25H28ClFN4O5S/c1-35-24(34)23-22(15-2-3-19(26)20(27)9-15)29-25(37-23)31-13-28-5-4-16(31)10-30-17-6-14(8-21(32)33)7-18(30)12-36-11-17/h2-4,9,13-14,17-18,22-23H,5-8,10-12H2,1H3,(H,32,33)/t14?,17?,18?,22-,23-/m0/s1. The number of rotatable bonds is 6. The van der Waals surface area contributed by atoms with Crippen LogP contribution in [-0.4, -0.2) is 89.1 Å². The van der Waals surface area contributed by atoms with E-state index in [0.717, 1.165) is 18.5 Å². The number of fused-ring (bicyclic) bond motifs is 2. The summed E-state index contributed by atoms with van der Waals surface area (Å²) in [6, 6.07) is 4.05. The molecule has 37 heavy (non-hydrogen) atoms. The Morgan fingerprint density at radius 3 is 2.73 bits per heavy atom. The molecule has 2 bridgehead atoms. The number of amidine groups is 1. The van der Waals surface area contributed by atoms with E-state index in [9.17, 15) is 19.1 Å². The zero-order valence-electron chi connectivity index (χ0n) is 20.3. The summed E-state index contributed by atoms with van der Waals surface area (Å²) >= 11 is 7.13. The molecule has 1 aromatic rings. The number of morpholine rings is 1. The molecule has 5 rings (SSSR count). The fraction of sp³-hybridized carbons (Fsp3) is 0.520. The summed E-state index contributed by atoms with van der Waals surface area (Å²) < 4.78 is 25.1. The minimum absolute atomic E-state index is 0.00302. The molecule has 1 aromatic carbocycles. The van der Waals surface area contributed by atoms with Gasteiger partial charge in [-0.05, 0) is 42.5 Å². The average Bonchev–Trinajstić information content (AvgIpc) is 3.31. The van der Waals surface area contributed by atoms with Gasteiger partial charge in [0.2, 0.25) is 0 Å². The van der Waals surface area contributed by atoms with Crippen LogP contribution >= 0.6 is 23.4 Å². The Bertz CT molecular complexity index is 1150. The first-order valence-electron chi connectivity index (χ1n) is 12.1. The van der Waals surface area contributed by atoms with E-state index in [2.05, 4.69) is 9.89 Å². The van der Waals surface area contributed by atoms with E-state index >= 15 is 0 Å². The van der Waals surface area contributed by atoms with Gasteiger partial charge in [0.15, 0.2) is 5.17 Å². The van der Waals surface area contributed by atoms with Gasteiger partial charge >= 0.3 is 11.9 Å². The molecule has 0 aliphatic carbocycles. The number of ether oxygens (including phenoxy) is 2. The zero-order valence-corrected chi connectivity index (χ0v) is 21.8. The summed E-state index contributed by atoms with van der Waals surface area (Å²) in [5.74, 6) is -1.64. The van der Waals surface area contributed by atoms with Crippen LogP contribution in [0.2, 0.25) is 5.02 Å². The molecule has 1 N–H and O–H groups in total. The average molecular weight is 551 g/mol. The lowest BCUT2D eigenvalue weighted by molar-refractivity contribution is -0.141. The van der Waals surface area contributed by atoms with Crippen molar-refractivity contribution in [1.29, 1.82) is 0 Å². The van der Waals surface area contributed by atoms with E-state index in [1.165, 1.54) is 31.0 Å². The first-order chi connectivity index (χ1) is 17.8. The maximum absolute atomic E-state index is 14.2. The molecule has 0 saturated carbocycles. The van der Waals surface area contributed by atoms with Gasteiger partial charge in [-0.2, -0.15) is 0 Å². The van der Waals surface area contributed by atoms with E-state index < -0.39 is 29.0 Å². The lowest BCUT2D eigenvalue weighted by Crippen LogP contribution is -2.58. The first kappa shape index (κ1) is 26.1. The highest BCUT2D eigenvalue weighted by Gasteiger charge is 2.43. The highest BCUT2D eigenvalue weighted by Crippen LogP contribution is 2.41. The maximum atomic E-state index is 14.2. The summed E-state index contributed by atoms with van der Waals surface area (Å²) in [6.07, 6.45) is 5.47. The summed E-state index contributed by atoms with van der Waals surface area (Å²) in [6.45, 7) is 2.28. The van der Waals surface area contributed by atoms with Crippen LogP contribution in [0.1, 0.15) is 30.9 Å². The third-order valence-corrected chi connectivity index (χ3v) is 8.73. The Balaban J connectivity index is 1.37. The zero-order chi connectivity index (χ0) is 26.1. The summed E-state index contributed by atoms with van der Waals surface area (Å²) in [7, 11) is 1.32. The van der Waals surface area contributed by atoms with Crippen molar-refractivity contribution in [2.45, 2.75) is 42.6 Å². The Morgan fingerprint density at radius 2 is 2.05 bits per heavy atom. The molecule has 9 nitrogen and oxygen atoms in total. The van der Waals surface area contributed by atoms with Crippen molar-refractivity contribution < 1.29 is 28.6 Å². The second-order valence-corrected chi connectivity index (χ2v) is 11.1. The number of carbonyl (C=O) groups is 2. The van der Waals surface area contributed by atoms with Crippen LogP contribution in [0, 0.1) is 11.7 Å². The van der Waals surface area contributed by atoms with Gasteiger partial charge in [0.25, 0.3) is 0 Å². The van der Waals surface area contributed by atoms with Gasteiger partial charge in [-0.3, -0.25) is 29.4 Å². The molecule has 2 fully saturated rings. The van der Waals surface area contributed by atoms with Crippen LogP contribution in [0.15, 0.2) is 40.0 Å². The van der Waals surface area contributed by atoms with E-state index in [0.29, 0.717) is 37.0 Å². The van der Waals surface area contributed by atoms with Crippen molar-refractivity contribution in [2.24, 2.45) is 15.9 Å². The number of piperidine rings is 1. The number of methoxy groups -OCH3 is 1. The molecule has 4 aliphatic heterocycles. The van der Waals surface area contributed by atoms with Crippen LogP contribution in [0.5, 0.6) is 0 Å². The highest BCUT2D eigenvalue weighted by molar-refractivity contribution is 8.15. The molecule has 0 aromatic heterocycles. The first-order valence-corrected chi connectivity index (χ1v) is 13.4. The van der Waals surface area contributed by atoms with Crippen molar-refractivity contribution in [1.82, 2.24) is 9.80 Å². The van der Waals surface area contributed by atoms with Gasteiger partial charge in [-0.15, -0.1) is 0 Å². The Kier molecular flexibility index (Phi) is 7.85. The van der Waals surface area contributed by atoms with Crippen LogP contribution in [0.25, 0.3) is 0 Å². The summed E-state index contributed by atoms with van der Waals surface area (Å²) in [5.41, 5.74) is 1.51. The number of nitrogens with zero attached hydrogens (tertiary/aromatic N) is 4. The Labute approximate surface area is 223 Å². The number of hydrogen-bond donors (Lipinski definition) is 1. The third-order valence-electron chi connectivity index (χ3n) is 7.21. The van der Waals surface area contributed by atoms with Crippen LogP contribution in [0.3, 0.4) is 0 Å². The number of carboxylic acids is 1. The van der Waals surface area contributed by atoms with Crippen molar-refractivity contribution in [2.75, 3.05) is 33.4 Å². The van der Waals surface area contributed by atoms with Crippen molar-refractivity contribution in [3.05, 3.63) is 46.4 Å². The molecule has 2 saturated heterocycles. The number of carboxylic acid groups (broad SMARTS) is 1. The second kappa shape index (κ2) is 11.1. The molecule has 12 heteroatoms. The second-order valence-electron chi connectivity index (χ2n) is 9.59. The fourth-order valence-corrected chi connectivity index (χ4v) is 6.82. The normalized spacial score (nSPS) is 29.6. The number of esters is 1. The third kappa shape index (κ3) is 5.55. The van der Waals surface area contributed by atoms with E-state index in [1.54, 1.807) is 12.4 Å². The number of thioether (sulfide) groups is 1. The van der Waals surface area contributed by atoms with Crippen LogP contribution in [0.4, 0.5) is 4.39 Å². The minimum Gasteiger partial charge on any atom is -0.481 e. The molecule has 4 heterocycles. The van der Waals surface area contributed by atoms with Gasteiger partial charge in [0, 0.05) is 30.7 Å². The fourth-order valence-electron chi connectivity index (χ4n) is 5.49. The van der Waals surface area contributed by atoms with Gasteiger partial charge in [-0.25, -0.2) is 4.39 Å². The highest BCUT2D eigenvalue weighted by atomic mass is 35.5. The van der Waals surface area contributed by atoms with E-state index in [4.69, 9.17) is 26.1 Å². The van der Waals surface area contributed by atoms with E-state index in [-0.39, 0.29) is 29.4 Å². The van der Waals surface area contributed by atoms with Gasteiger partial charge in [-0.1, -0.05) is 29.4 Å². The molecular formula is C25H28ClFN4O5S. The number of aliphatic imine (C=N–C) groups is 2. The quantitative estimate of drug-likeness (QED) is 0.538. The van der Waals surface area contributed by atoms with Gasteiger partial charge < -0.3 is 14.6 Å². The minimum atomic E-state index is -0.763. The number of carbonyl (C=O) groups excluding carboxylic acids is 1. The van der Waals surface area contributed by atoms with Crippen LogP contribution in [-0.2, 0) is 19.1 Å². The molecule has 198 valence electrons. The molecule has 0 amide bonds. The van der Waals surface area contributed by atoms with Crippen molar-refractivity contribution >= 4 is 46.8 Å². The van der Waals surface area contributed by atoms with Crippen LogP contribution < -0.4 is 0 Å². The summed E-state index contributed by atoms with van der Waals surface area (Å²) in [5, 5.41) is 9.17. The molecule has 0 radical (unpaired) electrons. The van der Waals surface area contributed by atoms with Crippen molar-refractivity contribution in [3.8, 4) is 0 Å². The Hall–Kier alpha value is -2.47. The maximum Gasteiger partial charge on any atom is 0.321 e. The molecular weight excluding hydrogens is 523 g/mol. The lowest BCUT2D eigenvalue weighted by atomic mass is 9.83.